The van der Waals surface area contributed by atoms with E-state index in [2.05, 4.69) is 21.3 Å². The molecule has 0 spiro atoms. The standard InChI is InChI=1S/C26H40N2O7.C25H36N2O6/c1-34-25(32)22(18-19-11-10-14-21(30)17-19)27-24(31)23(20-12-6-5-7-13-20)28-26(33)35-16-9-4-2-3-8-15-29;1-31-24(29)21-17-18-10-9-13-20(16-18)32-14-7-2-3-8-15-33-25(30)27-22(23(28)26-21)19-11-5-4-6-12-19/h10-11,14,17,20,22-23,29-30H,2-9,12-13,15-16,18H2,1H3,(H,27,31)(H,28,33);9-10,13,16,19,21-22H,2-8,11-12,14-15,17H2,1H3,(H,26,28)(H,27,30)/t22?,23-;/m0./s1. The summed E-state index contributed by atoms with van der Waals surface area (Å²) in [6.45, 7) is 1.34. The van der Waals surface area contributed by atoms with Gasteiger partial charge in [-0.2, -0.15) is 0 Å². The van der Waals surface area contributed by atoms with E-state index in [1.807, 2.05) is 24.3 Å². The minimum atomic E-state index is -0.961. The summed E-state index contributed by atoms with van der Waals surface area (Å²) in [4.78, 5) is 76.4. The number of unbranched alkanes of at least 4 members (excludes halogenated alkanes) is 4. The molecule has 4 amide bonds. The van der Waals surface area contributed by atoms with Gasteiger partial charge in [-0.25, -0.2) is 19.2 Å². The van der Waals surface area contributed by atoms with Crippen LogP contribution in [0.25, 0.3) is 0 Å². The summed E-state index contributed by atoms with van der Waals surface area (Å²) in [5.41, 5.74) is 1.52. The second-order valence-corrected chi connectivity index (χ2v) is 18.0. The summed E-state index contributed by atoms with van der Waals surface area (Å²) in [6.07, 6.45) is 16.5. The number of benzene rings is 2. The minimum Gasteiger partial charge on any atom is -0.508 e. The van der Waals surface area contributed by atoms with Gasteiger partial charge in [-0.05, 0) is 111 Å². The number of amides is 4. The van der Waals surface area contributed by atoms with Crippen LogP contribution in [0.1, 0.15) is 133 Å². The van der Waals surface area contributed by atoms with Gasteiger partial charge < -0.3 is 55.2 Å². The lowest BCUT2D eigenvalue weighted by atomic mass is 9.83. The van der Waals surface area contributed by atoms with Crippen LogP contribution < -0.4 is 26.0 Å². The van der Waals surface area contributed by atoms with Crippen molar-refractivity contribution in [1.82, 2.24) is 21.3 Å². The van der Waals surface area contributed by atoms with Gasteiger partial charge in [0, 0.05) is 19.4 Å². The highest BCUT2D eigenvalue weighted by Gasteiger charge is 2.36. The Kier molecular flexibility index (Phi) is 25.5. The molecule has 2 aromatic carbocycles. The van der Waals surface area contributed by atoms with E-state index in [4.69, 9.17) is 28.8 Å². The van der Waals surface area contributed by atoms with E-state index in [-0.39, 0.29) is 49.5 Å². The van der Waals surface area contributed by atoms with Crippen LogP contribution in [-0.4, -0.2) is 111 Å². The molecule has 4 atom stereocenters. The molecule has 2 aliphatic carbocycles. The van der Waals surface area contributed by atoms with Gasteiger partial charge in [-0.3, -0.25) is 9.59 Å². The number of phenolic OH excluding ortho intramolecular Hbond substituents is 1. The molecule has 6 N–H and O–H groups in total. The molecule has 0 saturated heterocycles. The summed E-state index contributed by atoms with van der Waals surface area (Å²) in [5, 5.41) is 29.6. The molecular formula is C51H76N4O13. The smallest absolute Gasteiger partial charge is 0.407 e. The van der Waals surface area contributed by atoms with E-state index in [0.29, 0.717) is 25.2 Å². The van der Waals surface area contributed by atoms with Crippen LogP contribution in [0.4, 0.5) is 9.59 Å². The number of carbonyl (C=O) groups is 6. The molecule has 17 heteroatoms. The van der Waals surface area contributed by atoms with Gasteiger partial charge in [0.25, 0.3) is 0 Å². The average Bonchev–Trinajstić information content (AvgIpc) is 3.35. The Morgan fingerprint density at radius 3 is 2.10 bits per heavy atom. The monoisotopic (exact) mass is 953 g/mol. The first-order valence-electron chi connectivity index (χ1n) is 24.7. The topological polar surface area (TPSA) is 237 Å². The number of hydrogen-bond donors (Lipinski definition) is 6. The zero-order chi connectivity index (χ0) is 48.9. The van der Waals surface area contributed by atoms with Gasteiger partial charge in [0.2, 0.25) is 11.8 Å². The SMILES string of the molecule is COC(=O)C(Cc1cccc(O)c1)NC(=O)[C@@H](NC(=O)OCCCCCCCO)C1CCCCC1.COC(=O)C1Cc2cccc(c2)OCCCCCCOC(=O)NC(C2CCCCC2)C(=O)N1. The average molecular weight is 953 g/mol. The number of aromatic hydroxyl groups is 1. The van der Waals surface area contributed by atoms with E-state index in [1.165, 1.54) is 26.4 Å². The van der Waals surface area contributed by atoms with Crippen LogP contribution >= 0.6 is 0 Å². The van der Waals surface area contributed by atoms with Crippen LogP contribution in [0.15, 0.2) is 48.5 Å². The van der Waals surface area contributed by atoms with Crippen molar-refractivity contribution in [3.63, 3.8) is 0 Å². The van der Waals surface area contributed by atoms with Crippen molar-refractivity contribution in [2.75, 3.05) is 40.6 Å². The van der Waals surface area contributed by atoms with Gasteiger partial charge in [-0.1, -0.05) is 82.1 Å². The van der Waals surface area contributed by atoms with Crippen molar-refractivity contribution in [2.24, 2.45) is 11.8 Å². The third-order valence-corrected chi connectivity index (χ3v) is 12.7. The highest BCUT2D eigenvalue weighted by Crippen LogP contribution is 2.28. The molecule has 378 valence electrons. The number of aliphatic hydroxyl groups is 1. The first-order chi connectivity index (χ1) is 33.0. The van der Waals surface area contributed by atoms with Crippen molar-refractivity contribution in [3.05, 3.63) is 59.7 Å². The van der Waals surface area contributed by atoms with Gasteiger partial charge >= 0.3 is 24.1 Å². The lowest BCUT2D eigenvalue weighted by Gasteiger charge is -2.31. The lowest BCUT2D eigenvalue weighted by Crippen LogP contribution is -2.55. The second-order valence-electron chi connectivity index (χ2n) is 18.0. The fourth-order valence-electron chi connectivity index (χ4n) is 9.00. The van der Waals surface area contributed by atoms with Crippen molar-refractivity contribution in [3.8, 4) is 11.5 Å². The number of rotatable bonds is 16. The van der Waals surface area contributed by atoms with Gasteiger partial charge in [0.15, 0.2) is 0 Å². The number of ether oxygens (including phenoxy) is 5. The molecular weight excluding hydrogens is 877 g/mol. The Balaban J connectivity index is 0.000000297. The fraction of sp³-hybridized carbons (Fsp3) is 0.647. The number of cyclic esters (lactones) is 1. The second kappa shape index (κ2) is 31.5. The van der Waals surface area contributed by atoms with Crippen LogP contribution in [0.5, 0.6) is 11.5 Å². The van der Waals surface area contributed by atoms with Crippen molar-refractivity contribution in [2.45, 2.75) is 159 Å². The first kappa shape index (κ1) is 55.0. The van der Waals surface area contributed by atoms with Crippen molar-refractivity contribution >= 4 is 35.9 Å². The van der Waals surface area contributed by atoms with Crippen LogP contribution in [-0.2, 0) is 51.0 Å². The van der Waals surface area contributed by atoms with Gasteiger partial charge in [-0.15, -0.1) is 0 Å². The van der Waals surface area contributed by atoms with Crippen LogP contribution in [0.3, 0.4) is 0 Å². The number of hydrogen-bond acceptors (Lipinski definition) is 13. The molecule has 1 heterocycles. The number of methoxy groups -OCH3 is 2. The van der Waals surface area contributed by atoms with Crippen molar-refractivity contribution < 1.29 is 62.7 Å². The number of phenols is 1. The summed E-state index contributed by atoms with van der Waals surface area (Å²) in [7, 11) is 2.55. The quantitative estimate of drug-likeness (QED) is 0.0583. The van der Waals surface area contributed by atoms with Crippen LogP contribution in [0.2, 0.25) is 0 Å². The molecule has 2 aromatic rings. The molecule has 3 aliphatic rings. The number of alkyl carbamates (subject to hydrolysis) is 2. The Hall–Kier alpha value is -5.58. The molecule has 2 saturated carbocycles. The normalized spacial score (nSPS) is 19.8. The Labute approximate surface area is 401 Å². The number of fused-ring (bicyclic) bond motifs is 2. The molecule has 0 aromatic heterocycles. The Morgan fingerprint density at radius 1 is 0.750 bits per heavy atom. The van der Waals surface area contributed by atoms with E-state index in [0.717, 1.165) is 127 Å². The highest BCUT2D eigenvalue weighted by molar-refractivity contribution is 5.91. The highest BCUT2D eigenvalue weighted by atomic mass is 16.6. The fourth-order valence-corrected chi connectivity index (χ4v) is 9.00. The Morgan fingerprint density at radius 2 is 1.41 bits per heavy atom. The number of nitrogens with one attached hydrogen (secondary N) is 4. The summed E-state index contributed by atoms with van der Waals surface area (Å²) >= 11 is 0. The van der Waals surface area contributed by atoms with Crippen molar-refractivity contribution in [1.29, 1.82) is 0 Å². The lowest BCUT2D eigenvalue weighted by molar-refractivity contribution is -0.145. The molecule has 2 bridgehead atoms. The molecule has 3 unspecified atom stereocenters. The minimum absolute atomic E-state index is 0.00641. The maximum absolute atomic E-state index is 13.3. The summed E-state index contributed by atoms with van der Waals surface area (Å²) < 4.78 is 26.3. The maximum Gasteiger partial charge on any atom is 0.407 e. The zero-order valence-corrected chi connectivity index (χ0v) is 40.1. The predicted molar refractivity (Wildman–Crippen MR) is 254 cm³/mol. The van der Waals surface area contributed by atoms with E-state index in [9.17, 15) is 33.9 Å². The number of esters is 2. The zero-order valence-electron chi connectivity index (χ0n) is 40.1. The third-order valence-electron chi connectivity index (χ3n) is 12.7. The number of carbonyl (C=O) groups excluding carboxylic acids is 6. The molecule has 0 radical (unpaired) electrons. The van der Waals surface area contributed by atoms with E-state index in [1.54, 1.807) is 12.1 Å². The maximum atomic E-state index is 13.3. The number of aliphatic hydroxyl groups excluding tert-OH is 1. The molecule has 68 heavy (non-hydrogen) atoms. The van der Waals surface area contributed by atoms with E-state index >= 15 is 0 Å². The van der Waals surface area contributed by atoms with Crippen LogP contribution in [0, 0.1) is 11.8 Å². The first-order valence-corrected chi connectivity index (χ1v) is 24.7. The van der Waals surface area contributed by atoms with Gasteiger partial charge in [0.05, 0.1) is 34.0 Å². The molecule has 5 rings (SSSR count). The summed E-state index contributed by atoms with van der Waals surface area (Å²) in [5.74, 6) is -1.21. The molecule has 2 fully saturated rings. The molecule has 17 nitrogen and oxygen atoms in total. The largest absolute Gasteiger partial charge is 0.508 e. The Bertz CT molecular complexity index is 1850. The molecule has 1 aliphatic heterocycles. The third kappa shape index (κ3) is 20.3. The van der Waals surface area contributed by atoms with Gasteiger partial charge in [0.1, 0.15) is 35.7 Å². The predicted octanol–water partition coefficient (Wildman–Crippen LogP) is 6.73. The summed E-state index contributed by atoms with van der Waals surface area (Å²) in [6, 6.07) is 10.6. The van der Waals surface area contributed by atoms with E-state index < -0.39 is 54.2 Å².